The molecular formula is C23H20N4O4. The Hall–Kier alpha value is -3.94. The zero-order valence-electron chi connectivity index (χ0n) is 17.3. The van der Waals surface area contributed by atoms with E-state index in [1.54, 1.807) is 25.1 Å². The van der Waals surface area contributed by atoms with E-state index in [0.717, 1.165) is 11.1 Å². The third-order valence-corrected chi connectivity index (χ3v) is 5.68. The monoisotopic (exact) mass is 416 g/mol. The van der Waals surface area contributed by atoms with Crippen molar-refractivity contribution in [1.82, 2.24) is 14.8 Å². The minimum absolute atomic E-state index is 0.0619. The number of hydrogen-bond acceptors (Lipinski definition) is 5. The quantitative estimate of drug-likeness (QED) is 0.517. The Morgan fingerprint density at radius 1 is 1.06 bits per heavy atom. The van der Waals surface area contributed by atoms with Crippen LogP contribution in [0, 0.1) is 20.8 Å². The number of aromatic nitrogens is 3. The van der Waals surface area contributed by atoms with E-state index in [4.69, 9.17) is 4.42 Å². The van der Waals surface area contributed by atoms with E-state index in [1.807, 2.05) is 38.1 Å². The molecule has 2 amide bonds. The number of aromatic amines is 1. The zero-order valence-corrected chi connectivity index (χ0v) is 17.3. The van der Waals surface area contributed by atoms with Crippen LogP contribution in [0.2, 0.25) is 0 Å². The predicted octanol–water partition coefficient (Wildman–Crippen LogP) is 3.28. The third-order valence-electron chi connectivity index (χ3n) is 5.68. The van der Waals surface area contributed by atoms with Crippen LogP contribution in [0.5, 0.6) is 0 Å². The summed E-state index contributed by atoms with van der Waals surface area (Å²) in [5.74, 6) is -1.58. The number of anilines is 1. The summed E-state index contributed by atoms with van der Waals surface area (Å²) in [6, 6.07) is 12.8. The zero-order chi connectivity index (χ0) is 21.9. The number of fused-ring (bicyclic) bond motifs is 1. The van der Waals surface area contributed by atoms with Crippen molar-refractivity contribution in [2.24, 2.45) is 0 Å². The van der Waals surface area contributed by atoms with Gasteiger partial charge in [0.1, 0.15) is 5.52 Å². The van der Waals surface area contributed by atoms with Crippen molar-refractivity contribution in [3.63, 3.8) is 0 Å². The minimum Gasteiger partial charge on any atom is -0.422 e. The molecule has 1 fully saturated rings. The van der Waals surface area contributed by atoms with Crippen LogP contribution < -0.4 is 10.5 Å². The number of aryl methyl sites for hydroxylation is 3. The van der Waals surface area contributed by atoms with Crippen LogP contribution in [0.4, 0.5) is 5.69 Å². The van der Waals surface area contributed by atoms with Crippen LogP contribution in [0.3, 0.4) is 0 Å². The smallest absolute Gasteiger partial charge is 0.325 e. The van der Waals surface area contributed by atoms with Gasteiger partial charge in [0.15, 0.2) is 5.58 Å². The molecule has 4 aromatic rings. The lowest BCUT2D eigenvalue weighted by Gasteiger charge is -2.17. The van der Waals surface area contributed by atoms with Crippen molar-refractivity contribution >= 4 is 28.6 Å². The summed E-state index contributed by atoms with van der Waals surface area (Å²) in [7, 11) is 0. The standard InChI is InChI=1S/C23H20N4O4/c1-12-8-9-17(13(2)10-12)26-19(28)11-15(21(26)29)20-14(3)25-27(22(20)30)23-24-16-6-4-5-7-18(16)31-23/h4-10,15,25H,11H2,1-3H3. The van der Waals surface area contributed by atoms with Crippen molar-refractivity contribution in [2.45, 2.75) is 33.1 Å². The summed E-state index contributed by atoms with van der Waals surface area (Å²) in [6.45, 7) is 5.51. The molecule has 2 aromatic heterocycles. The molecule has 0 bridgehead atoms. The first-order valence-corrected chi connectivity index (χ1v) is 9.96. The fourth-order valence-corrected chi connectivity index (χ4v) is 4.23. The Morgan fingerprint density at radius 3 is 2.58 bits per heavy atom. The summed E-state index contributed by atoms with van der Waals surface area (Å²) < 4.78 is 6.87. The molecule has 31 heavy (non-hydrogen) atoms. The van der Waals surface area contributed by atoms with Gasteiger partial charge in [-0.3, -0.25) is 19.5 Å². The number of amides is 2. The molecule has 1 aliphatic heterocycles. The van der Waals surface area contributed by atoms with Gasteiger partial charge in [-0.15, -0.1) is 0 Å². The maximum absolute atomic E-state index is 13.2. The number of nitrogens with zero attached hydrogens (tertiary/aromatic N) is 3. The number of oxazole rings is 1. The maximum Gasteiger partial charge on any atom is 0.325 e. The van der Waals surface area contributed by atoms with Crippen molar-refractivity contribution in [2.75, 3.05) is 4.90 Å². The summed E-state index contributed by atoms with van der Waals surface area (Å²) in [5, 5.41) is 2.94. The van der Waals surface area contributed by atoms with Gasteiger partial charge in [-0.05, 0) is 44.5 Å². The van der Waals surface area contributed by atoms with Gasteiger partial charge in [0.05, 0.1) is 17.2 Å². The second-order valence-corrected chi connectivity index (χ2v) is 7.87. The average molecular weight is 416 g/mol. The van der Waals surface area contributed by atoms with Gasteiger partial charge in [0.2, 0.25) is 11.8 Å². The van der Waals surface area contributed by atoms with E-state index < -0.39 is 17.4 Å². The first-order chi connectivity index (χ1) is 14.8. The molecule has 2 aromatic carbocycles. The predicted molar refractivity (Wildman–Crippen MR) is 114 cm³/mol. The average Bonchev–Trinajstić information content (AvgIpc) is 3.36. The molecule has 0 radical (unpaired) electrons. The van der Waals surface area contributed by atoms with Gasteiger partial charge in [0.25, 0.3) is 5.56 Å². The lowest BCUT2D eigenvalue weighted by atomic mass is 9.98. The number of benzene rings is 2. The lowest BCUT2D eigenvalue weighted by Crippen LogP contribution is -2.31. The highest BCUT2D eigenvalue weighted by Gasteiger charge is 2.43. The van der Waals surface area contributed by atoms with Gasteiger partial charge < -0.3 is 4.42 Å². The highest BCUT2D eigenvalue weighted by Crippen LogP contribution is 2.35. The van der Waals surface area contributed by atoms with Crippen molar-refractivity contribution in [3.05, 3.63) is 75.2 Å². The van der Waals surface area contributed by atoms with Crippen LogP contribution in [0.1, 0.15) is 34.7 Å². The lowest BCUT2D eigenvalue weighted by molar-refractivity contribution is -0.121. The molecule has 0 saturated carbocycles. The van der Waals surface area contributed by atoms with Gasteiger partial charge in [-0.25, -0.2) is 4.90 Å². The Morgan fingerprint density at radius 2 is 1.84 bits per heavy atom. The summed E-state index contributed by atoms with van der Waals surface area (Å²) in [6.07, 6.45) is -0.0619. The molecule has 1 unspecified atom stereocenters. The highest BCUT2D eigenvalue weighted by atomic mass is 16.4. The van der Waals surface area contributed by atoms with Gasteiger partial charge in [0, 0.05) is 12.1 Å². The number of nitrogens with one attached hydrogen (secondary N) is 1. The van der Waals surface area contributed by atoms with E-state index in [9.17, 15) is 14.4 Å². The van der Waals surface area contributed by atoms with E-state index >= 15 is 0 Å². The number of hydrogen-bond donors (Lipinski definition) is 1. The summed E-state index contributed by atoms with van der Waals surface area (Å²) in [5.41, 5.74) is 3.90. The molecule has 0 spiro atoms. The molecule has 8 nitrogen and oxygen atoms in total. The summed E-state index contributed by atoms with van der Waals surface area (Å²) >= 11 is 0. The molecule has 156 valence electrons. The fourth-order valence-electron chi connectivity index (χ4n) is 4.23. The molecule has 1 saturated heterocycles. The van der Waals surface area contributed by atoms with Crippen molar-refractivity contribution in [3.8, 4) is 6.01 Å². The van der Waals surface area contributed by atoms with Crippen LogP contribution in [-0.2, 0) is 9.59 Å². The summed E-state index contributed by atoms with van der Waals surface area (Å²) in [4.78, 5) is 44.8. The van der Waals surface area contributed by atoms with Gasteiger partial charge in [-0.1, -0.05) is 29.8 Å². The van der Waals surface area contributed by atoms with Crippen LogP contribution >= 0.6 is 0 Å². The molecule has 8 heteroatoms. The van der Waals surface area contributed by atoms with Gasteiger partial charge >= 0.3 is 6.01 Å². The first-order valence-electron chi connectivity index (χ1n) is 9.96. The highest BCUT2D eigenvalue weighted by molar-refractivity contribution is 6.23. The Kier molecular flexibility index (Phi) is 4.18. The van der Waals surface area contributed by atoms with Crippen LogP contribution in [0.15, 0.2) is 51.7 Å². The molecule has 1 atom stereocenters. The molecule has 3 heterocycles. The third kappa shape index (κ3) is 2.91. The Balaban J connectivity index is 1.56. The molecule has 1 N–H and O–H groups in total. The second kappa shape index (κ2) is 6.80. The van der Waals surface area contributed by atoms with E-state index in [1.165, 1.54) is 9.58 Å². The number of carbonyl (C=O) groups is 2. The van der Waals surface area contributed by atoms with Crippen molar-refractivity contribution < 1.29 is 14.0 Å². The molecule has 5 rings (SSSR count). The van der Waals surface area contributed by atoms with E-state index in [-0.39, 0.29) is 23.9 Å². The van der Waals surface area contributed by atoms with Crippen LogP contribution in [0.25, 0.3) is 17.1 Å². The topological polar surface area (TPSA) is 101 Å². The Bertz CT molecular complexity index is 1390. The molecule has 1 aliphatic rings. The largest absolute Gasteiger partial charge is 0.422 e. The number of H-pyrrole nitrogens is 1. The van der Waals surface area contributed by atoms with E-state index in [2.05, 4.69) is 10.1 Å². The van der Waals surface area contributed by atoms with E-state index in [0.29, 0.717) is 22.5 Å². The maximum atomic E-state index is 13.2. The number of carbonyl (C=O) groups excluding carboxylic acids is 2. The first kappa shape index (κ1) is 19.0. The van der Waals surface area contributed by atoms with Crippen molar-refractivity contribution in [1.29, 1.82) is 0 Å². The SMILES string of the molecule is Cc1ccc(N2C(=O)CC(c3c(C)[nH]n(-c4nc5ccccc5o4)c3=O)C2=O)c(C)c1. The number of para-hydroxylation sites is 2. The Labute approximate surface area is 177 Å². The van der Waals surface area contributed by atoms with Crippen LogP contribution in [-0.4, -0.2) is 26.6 Å². The molecule has 0 aliphatic carbocycles. The minimum atomic E-state index is -0.859. The normalized spacial score (nSPS) is 16.6. The fraction of sp³-hybridized carbons (Fsp3) is 0.217. The number of rotatable bonds is 3. The second-order valence-electron chi connectivity index (χ2n) is 7.87. The number of imide groups is 1. The van der Waals surface area contributed by atoms with Gasteiger partial charge in [-0.2, -0.15) is 9.67 Å². The molecular weight excluding hydrogens is 396 g/mol.